The number of carbonyl (C=O) groups excluding carboxylic acids is 2. The van der Waals surface area contributed by atoms with Gasteiger partial charge in [0.1, 0.15) is 0 Å². The van der Waals surface area contributed by atoms with Crippen molar-refractivity contribution in [2.45, 2.75) is 38.5 Å². The first-order valence-electron chi connectivity index (χ1n) is 9.49. The van der Waals surface area contributed by atoms with E-state index in [1.807, 2.05) is 63.2 Å². The number of aryl methyl sites for hydroxylation is 3. The lowest BCUT2D eigenvalue weighted by molar-refractivity contribution is -0.147. The van der Waals surface area contributed by atoms with E-state index >= 15 is 0 Å². The molecule has 0 bridgehead atoms. The minimum absolute atomic E-state index is 0.208. The molecule has 0 unspecified atom stereocenters. The molecule has 6 heteroatoms. The maximum atomic E-state index is 12.6. The number of nitriles is 1. The molecule has 0 fully saturated rings. The summed E-state index contributed by atoms with van der Waals surface area (Å²) in [4.78, 5) is 27.3. The average Bonchev–Trinajstić information content (AvgIpc) is 2.67. The van der Waals surface area contributed by atoms with E-state index in [9.17, 15) is 9.59 Å². The van der Waals surface area contributed by atoms with Crippen LogP contribution in [0.4, 0.5) is 5.69 Å². The number of thioether (sulfide) groups is 1. The van der Waals surface area contributed by atoms with Gasteiger partial charge in [0, 0.05) is 22.9 Å². The summed E-state index contributed by atoms with van der Waals surface area (Å²) in [7, 11) is 0. The largest absolute Gasteiger partial charge is 0.456 e. The predicted octanol–water partition coefficient (Wildman–Crippen LogP) is 4.58. The van der Waals surface area contributed by atoms with E-state index in [1.165, 1.54) is 10.5 Å². The molecular formula is C23H26N2O3S. The van der Waals surface area contributed by atoms with Crippen LogP contribution in [0.15, 0.2) is 47.4 Å². The van der Waals surface area contributed by atoms with Crippen LogP contribution in [-0.2, 0) is 14.3 Å². The monoisotopic (exact) mass is 410 g/mol. The maximum Gasteiger partial charge on any atom is 0.307 e. The minimum Gasteiger partial charge on any atom is -0.456 e. The van der Waals surface area contributed by atoms with E-state index in [0.717, 1.165) is 16.0 Å². The number of amides is 1. The molecule has 152 valence electrons. The smallest absolute Gasteiger partial charge is 0.307 e. The Kier molecular flexibility index (Phi) is 8.75. The molecule has 5 nitrogen and oxygen atoms in total. The standard InChI is InChI=1S/C23H26N2O3S/c1-17-5-7-21(8-6-17)29-12-9-23(27)28-16-22(26)25(11-4-10-24)20-14-18(2)13-19(3)15-20/h5-8,13-15H,4,9,11-12,16H2,1-3H3. The van der Waals surface area contributed by atoms with Gasteiger partial charge in [0.05, 0.1) is 18.9 Å². The fourth-order valence-corrected chi connectivity index (χ4v) is 3.68. The summed E-state index contributed by atoms with van der Waals surface area (Å²) in [6, 6.07) is 16.0. The highest BCUT2D eigenvalue weighted by Gasteiger charge is 2.18. The average molecular weight is 411 g/mol. The first-order chi connectivity index (χ1) is 13.9. The van der Waals surface area contributed by atoms with Crippen LogP contribution in [0.5, 0.6) is 0 Å². The molecule has 0 saturated carbocycles. The predicted molar refractivity (Wildman–Crippen MR) is 116 cm³/mol. The molecular weight excluding hydrogens is 384 g/mol. The number of hydrogen-bond donors (Lipinski definition) is 0. The summed E-state index contributed by atoms with van der Waals surface area (Å²) >= 11 is 1.58. The summed E-state index contributed by atoms with van der Waals surface area (Å²) < 4.78 is 5.18. The maximum absolute atomic E-state index is 12.6. The van der Waals surface area contributed by atoms with Gasteiger partial charge in [-0.15, -0.1) is 11.8 Å². The second-order valence-corrected chi connectivity index (χ2v) is 8.04. The molecule has 0 N–H and O–H groups in total. The Labute approximate surface area is 176 Å². The van der Waals surface area contributed by atoms with Gasteiger partial charge in [0.2, 0.25) is 0 Å². The third-order valence-electron chi connectivity index (χ3n) is 4.22. The first kappa shape index (κ1) is 22.5. The van der Waals surface area contributed by atoms with Gasteiger partial charge in [-0.1, -0.05) is 23.8 Å². The van der Waals surface area contributed by atoms with Crippen LogP contribution in [0.25, 0.3) is 0 Å². The van der Waals surface area contributed by atoms with Crippen molar-refractivity contribution in [3.05, 3.63) is 59.2 Å². The molecule has 0 aliphatic heterocycles. The van der Waals surface area contributed by atoms with Crippen LogP contribution >= 0.6 is 11.8 Å². The van der Waals surface area contributed by atoms with Gasteiger partial charge in [-0.2, -0.15) is 5.26 Å². The highest BCUT2D eigenvalue weighted by Crippen LogP contribution is 2.21. The van der Waals surface area contributed by atoms with Crippen molar-refractivity contribution in [2.75, 3.05) is 23.8 Å². The van der Waals surface area contributed by atoms with Crippen molar-refractivity contribution in [1.82, 2.24) is 0 Å². The normalized spacial score (nSPS) is 10.3. The lowest BCUT2D eigenvalue weighted by Crippen LogP contribution is -2.35. The Morgan fingerprint density at radius 2 is 1.69 bits per heavy atom. The number of anilines is 1. The van der Waals surface area contributed by atoms with Crippen molar-refractivity contribution in [3.8, 4) is 6.07 Å². The number of benzene rings is 2. The van der Waals surface area contributed by atoms with Crippen LogP contribution in [0, 0.1) is 32.1 Å². The zero-order chi connectivity index (χ0) is 21.2. The van der Waals surface area contributed by atoms with Gasteiger partial charge in [-0.05, 0) is 56.2 Å². The van der Waals surface area contributed by atoms with E-state index in [-0.39, 0.29) is 31.9 Å². The van der Waals surface area contributed by atoms with Crippen LogP contribution in [-0.4, -0.2) is 30.8 Å². The molecule has 0 radical (unpaired) electrons. The van der Waals surface area contributed by atoms with Crippen molar-refractivity contribution < 1.29 is 14.3 Å². The van der Waals surface area contributed by atoms with E-state index in [0.29, 0.717) is 11.4 Å². The van der Waals surface area contributed by atoms with Crippen LogP contribution < -0.4 is 4.90 Å². The lowest BCUT2D eigenvalue weighted by Gasteiger charge is -2.22. The molecule has 2 aromatic rings. The number of ether oxygens (including phenoxy) is 1. The summed E-state index contributed by atoms with van der Waals surface area (Å²) in [5.74, 6) is -0.144. The lowest BCUT2D eigenvalue weighted by atomic mass is 10.1. The van der Waals surface area contributed by atoms with Crippen molar-refractivity contribution in [3.63, 3.8) is 0 Å². The highest BCUT2D eigenvalue weighted by atomic mass is 32.2. The highest BCUT2D eigenvalue weighted by molar-refractivity contribution is 7.99. The number of rotatable bonds is 9. The Balaban J connectivity index is 1.87. The minimum atomic E-state index is -0.404. The quantitative estimate of drug-likeness (QED) is 0.447. The molecule has 29 heavy (non-hydrogen) atoms. The molecule has 0 aliphatic rings. The molecule has 0 aliphatic carbocycles. The van der Waals surface area contributed by atoms with Gasteiger partial charge in [0.25, 0.3) is 5.91 Å². The molecule has 0 spiro atoms. The van der Waals surface area contributed by atoms with Gasteiger partial charge in [-0.25, -0.2) is 0 Å². The molecule has 0 atom stereocenters. The summed E-state index contributed by atoms with van der Waals surface area (Å²) in [6.07, 6.45) is 0.438. The zero-order valence-corrected chi connectivity index (χ0v) is 17.9. The fourth-order valence-electron chi connectivity index (χ4n) is 2.85. The first-order valence-corrected chi connectivity index (χ1v) is 10.5. The topological polar surface area (TPSA) is 70.4 Å². The Bertz CT molecular complexity index is 868. The van der Waals surface area contributed by atoms with Crippen LogP contribution in [0.1, 0.15) is 29.5 Å². The Morgan fingerprint density at radius 3 is 2.31 bits per heavy atom. The second kappa shape index (κ2) is 11.3. The second-order valence-electron chi connectivity index (χ2n) is 6.87. The third-order valence-corrected chi connectivity index (χ3v) is 5.23. The molecule has 2 rings (SSSR count). The zero-order valence-electron chi connectivity index (χ0n) is 17.1. The van der Waals surface area contributed by atoms with Gasteiger partial charge < -0.3 is 9.64 Å². The number of esters is 1. The molecule has 0 saturated heterocycles. The molecule has 2 aromatic carbocycles. The van der Waals surface area contributed by atoms with Gasteiger partial charge in [-0.3, -0.25) is 9.59 Å². The number of nitrogens with zero attached hydrogens (tertiary/aromatic N) is 2. The van der Waals surface area contributed by atoms with Crippen molar-refractivity contribution >= 4 is 29.3 Å². The SMILES string of the molecule is Cc1ccc(SCCC(=O)OCC(=O)N(CCC#N)c2cc(C)cc(C)c2)cc1. The van der Waals surface area contributed by atoms with Gasteiger partial charge in [0.15, 0.2) is 6.61 Å². The Hall–Kier alpha value is -2.78. The van der Waals surface area contributed by atoms with E-state index in [4.69, 9.17) is 10.00 Å². The number of carbonyl (C=O) groups is 2. The van der Waals surface area contributed by atoms with Crippen LogP contribution in [0.3, 0.4) is 0 Å². The van der Waals surface area contributed by atoms with E-state index in [2.05, 4.69) is 6.07 Å². The molecule has 0 heterocycles. The van der Waals surface area contributed by atoms with Gasteiger partial charge >= 0.3 is 5.97 Å². The Morgan fingerprint density at radius 1 is 1.03 bits per heavy atom. The summed E-state index contributed by atoms with van der Waals surface area (Å²) in [6.45, 7) is 5.87. The molecule has 1 amide bonds. The van der Waals surface area contributed by atoms with Crippen LogP contribution in [0.2, 0.25) is 0 Å². The third kappa shape index (κ3) is 7.63. The fraction of sp³-hybridized carbons (Fsp3) is 0.348. The van der Waals surface area contributed by atoms with E-state index in [1.54, 1.807) is 11.8 Å². The van der Waals surface area contributed by atoms with Crippen molar-refractivity contribution in [2.24, 2.45) is 0 Å². The number of hydrogen-bond acceptors (Lipinski definition) is 5. The summed E-state index contributed by atoms with van der Waals surface area (Å²) in [5.41, 5.74) is 3.96. The summed E-state index contributed by atoms with van der Waals surface area (Å²) in [5, 5.41) is 8.90. The van der Waals surface area contributed by atoms with E-state index < -0.39 is 5.97 Å². The molecule has 0 aromatic heterocycles. The van der Waals surface area contributed by atoms with Crippen molar-refractivity contribution in [1.29, 1.82) is 5.26 Å².